The van der Waals surface area contributed by atoms with Gasteiger partial charge in [0.25, 0.3) is 0 Å². The maximum Gasteiger partial charge on any atom is 0.0542 e. The van der Waals surface area contributed by atoms with E-state index < -0.39 is 0 Å². The predicted octanol–water partition coefficient (Wildman–Crippen LogP) is 17.3. The molecule has 1 fully saturated rings. The van der Waals surface area contributed by atoms with E-state index in [0.717, 1.165) is 24.2 Å². The molecule has 0 spiro atoms. The zero-order chi connectivity index (χ0) is 46.5. The molecule has 1 saturated carbocycles. The van der Waals surface area contributed by atoms with Gasteiger partial charge in [-0.25, -0.2) is 0 Å². The zero-order valence-corrected chi connectivity index (χ0v) is 39.6. The molecule has 0 N–H and O–H groups in total. The second-order valence-electron chi connectivity index (χ2n) is 20.9. The first-order chi connectivity index (χ1) is 34.3. The van der Waals surface area contributed by atoms with E-state index in [1.165, 1.54) is 104 Å². The summed E-state index contributed by atoms with van der Waals surface area (Å²) in [6.45, 7) is 7.50. The van der Waals surface area contributed by atoms with Crippen LogP contribution in [0.1, 0.15) is 39.2 Å². The molecular weight excluding hydrogens is 849 g/mol. The molecule has 9 aromatic carbocycles. The van der Waals surface area contributed by atoms with E-state index in [1.54, 1.807) is 5.57 Å². The van der Waals surface area contributed by atoms with Crippen LogP contribution >= 0.6 is 0 Å². The maximum atomic E-state index is 2.53. The van der Waals surface area contributed by atoms with Crippen LogP contribution in [0.25, 0.3) is 110 Å². The normalized spacial score (nSPS) is 18.0. The molecule has 0 amide bonds. The van der Waals surface area contributed by atoms with E-state index in [2.05, 4.69) is 257 Å². The third-order valence-electron chi connectivity index (χ3n) is 16.7. The average Bonchev–Trinajstić information content (AvgIpc) is 4.17. The highest BCUT2D eigenvalue weighted by atomic mass is 15.0. The van der Waals surface area contributed by atoms with Crippen LogP contribution in [0, 0.1) is 11.3 Å². The molecule has 334 valence electrons. The molecule has 2 aliphatic carbocycles. The van der Waals surface area contributed by atoms with E-state index in [-0.39, 0.29) is 10.8 Å². The van der Waals surface area contributed by atoms with Crippen LogP contribution in [0.5, 0.6) is 0 Å². The smallest absolute Gasteiger partial charge is 0.0542 e. The molecular formula is C66H50N4. The van der Waals surface area contributed by atoms with Crippen LogP contribution in [-0.4, -0.2) is 18.3 Å². The Morgan fingerprint density at radius 2 is 0.686 bits per heavy atom. The first kappa shape index (κ1) is 39.6. The largest absolute Gasteiger partial charge is 0.313 e. The molecule has 13 aromatic rings. The van der Waals surface area contributed by atoms with Gasteiger partial charge in [0.15, 0.2) is 0 Å². The van der Waals surface area contributed by atoms with Crippen LogP contribution in [-0.2, 0) is 5.41 Å². The SMILES string of the molecule is CC1(c2ccc(-n3c4ccc(-n5c6ccccc6c6ccccc65)cc4c4cc(-n5c6ccccc6c6ccccc65)ccc43)cc2)CC(C)(C)C2CC(n3c4ccccc4c4ccccc43)=CC=C21. The van der Waals surface area contributed by atoms with Gasteiger partial charge in [-0.15, -0.1) is 0 Å². The predicted molar refractivity (Wildman–Crippen MR) is 295 cm³/mol. The summed E-state index contributed by atoms with van der Waals surface area (Å²) in [5.74, 6) is 0.432. The Hall–Kier alpha value is -8.34. The molecule has 70 heavy (non-hydrogen) atoms. The highest BCUT2D eigenvalue weighted by molar-refractivity contribution is 6.14. The standard InChI is InChI=1S/C66H50N4/c1-65(2)41-66(3,55-35-32-46(40-56(55)65)70-61-26-14-8-20-51(61)52-21-9-15-27-62(52)70)42-28-30-43(31-29-42)67-63-36-33-44(68-57-22-10-4-16-47(57)48-17-5-11-23-58(48)68)38-53(63)54-39-45(34-37-64(54)67)69-59-24-12-6-18-49(59)50-19-7-13-25-60(50)69/h4-39,56H,40-41H2,1-3H3. The van der Waals surface area contributed by atoms with Crippen molar-refractivity contribution < 1.29 is 0 Å². The van der Waals surface area contributed by atoms with Crippen molar-refractivity contribution >= 4 is 92.9 Å². The highest BCUT2D eigenvalue weighted by Gasteiger charge is 2.52. The van der Waals surface area contributed by atoms with E-state index >= 15 is 0 Å². The van der Waals surface area contributed by atoms with Gasteiger partial charge in [-0.05, 0) is 121 Å². The summed E-state index contributed by atoms with van der Waals surface area (Å²) in [7, 11) is 0. The van der Waals surface area contributed by atoms with Crippen LogP contribution in [0.15, 0.2) is 224 Å². The molecule has 2 aliphatic rings. The molecule has 15 rings (SSSR count). The van der Waals surface area contributed by atoms with Crippen LogP contribution in [0.4, 0.5) is 0 Å². The van der Waals surface area contributed by atoms with E-state index in [1.807, 2.05) is 0 Å². The Bertz CT molecular complexity index is 4080. The van der Waals surface area contributed by atoms with Gasteiger partial charge in [-0.3, -0.25) is 0 Å². The lowest BCUT2D eigenvalue weighted by molar-refractivity contribution is 0.270. The molecule has 0 bridgehead atoms. The number of hydrogen-bond donors (Lipinski definition) is 0. The van der Waals surface area contributed by atoms with Gasteiger partial charge in [0.1, 0.15) is 0 Å². The first-order valence-corrected chi connectivity index (χ1v) is 24.9. The fraction of sp³-hybridized carbons (Fsp3) is 0.121. The molecule has 4 aromatic heterocycles. The number of allylic oxidation sites excluding steroid dienone is 4. The van der Waals surface area contributed by atoms with Gasteiger partial charge in [0.2, 0.25) is 0 Å². The van der Waals surface area contributed by atoms with Crippen molar-refractivity contribution in [3.63, 3.8) is 0 Å². The number of fused-ring (bicyclic) bond motifs is 13. The quantitative estimate of drug-likeness (QED) is 0.164. The van der Waals surface area contributed by atoms with Crippen molar-refractivity contribution in [2.75, 3.05) is 0 Å². The topological polar surface area (TPSA) is 19.7 Å². The summed E-state index contributed by atoms with van der Waals surface area (Å²) in [5.41, 5.74) is 17.6. The molecule has 2 unspecified atom stereocenters. The maximum absolute atomic E-state index is 2.53. The van der Waals surface area contributed by atoms with Crippen LogP contribution < -0.4 is 0 Å². The van der Waals surface area contributed by atoms with Crippen LogP contribution in [0.3, 0.4) is 0 Å². The van der Waals surface area contributed by atoms with Crippen molar-refractivity contribution in [3.05, 3.63) is 230 Å². The van der Waals surface area contributed by atoms with Gasteiger partial charge in [0.05, 0.1) is 44.1 Å². The summed E-state index contributed by atoms with van der Waals surface area (Å²) in [6.07, 6.45) is 7.03. The van der Waals surface area contributed by atoms with Crippen molar-refractivity contribution in [3.8, 4) is 17.1 Å². The molecule has 0 radical (unpaired) electrons. The summed E-state index contributed by atoms with van der Waals surface area (Å²) in [4.78, 5) is 0. The Kier molecular flexibility index (Phi) is 8.13. The molecule has 0 saturated heterocycles. The second-order valence-corrected chi connectivity index (χ2v) is 20.9. The molecule has 4 heteroatoms. The number of hydrogen-bond acceptors (Lipinski definition) is 0. The molecule has 4 nitrogen and oxygen atoms in total. The molecule has 0 aliphatic heterocycles. The van der Waals surface area contributed by atoms with Crippen molar-refractivity contribution in [1.29, 1.82) is 0 Å². The fourth-order valence-corrected chi connectivity index (χ4v) is 13.7. The molecule has 4 heterocycles. The fourth-order valence-electron chi connectivity index (χ4n) is 13.7. The van der Waals surface area contributed by atoms with E-state index in [0.29, 0.717) is 5.92 Å². The lowest BCUT2D eigenvalue weighted by Crippen LogP contribution is -2.23. The lowest BCUT2D eigenvalue weighted by atomic mass is 9.74. The van der Waals surface area contributed by atoms with E-state index in [4.69, 9.17) is 0 Å². The van der Waals surface area contributed by atoms with Crippen molar-refractivity contribution in [2.45, 2.75) is 39.0 Å². The van der Waals surface area contributed by atoms with Gasteiger partial charge in [0, 0.05) is 71.3 Å². The second kappa shape index (κ2) is 14.4. The third-order valence-corrected chi connectivity index (χ3v) is 16.7. The summed E-state index contributed by atoms with van der Waals surface area (Å²) in [6, 6.07) is 76.8. The molecule has 2 atom stereocenters. The minimum absolute atomic E-state index is 0.0925. The minimum Gasteiger partial charge on any atom is -0.313 e. The van der Waals surface area contributed by atoms with Gasteiger partial charge < -0.3 is 18.3 Å². The van der Waals surface area contributed by atoms with Gasteiger partial charge in [-0.1, -0.05) is 154 Å². The zero-order valence-electron chi connectivity index (χ0n) is 39.6. The summed E-state index contributed by atoms with van der Waals surface area (Å²) < 4.78 is 9.90. The number of nitrogens with zero attached hydrogens (tertiary/aromatic N) is 4. The van der Waals surface area contributed by atoms with Gasteiger partial charge in [-0.2, -0.15) is 0 Å². The number of rotatable bonds is 5. The van der Waals surface area contributed by atoms with E-state index in [9.17, 15) is 0 Å². The van der Waals surface area contributed by atoms with Crippen LogP contribution in [0.2, 0.25) is 0 Å². The number of para-hydroxylation sites is 6. The average molecular weight is 899 g/mol. The van der Waals surface area contributed by atoms with Gasteiger partial charge >= 0.3 is 0 Å². The van der Waals surface area contributed by atoms with Crippen molar-refractivity contribution in [2.24, 2.45) is 11.3 Å². The minimum atomic E-state index is -0.0925. The third kappa shape index (κ3) is 5.42. The monoisotopic (exact) mass is 898 g/mol. The Labute approximate surface area is 406 Å². The first-order valence-electron chi connectivity index (χ1n) is 24.9. The number of benzene rings is 9. The number of aromatic nitrogens is 4. The highest BCUT2D eigenvalue weighted by Crippen LogP contribution is 2.61. The Morgan fingerprint density at radius 3 is 1.10 bits per heavy atom. The Balaban J connectivity index is 0.890. The van der Waals surface area contributed by atoms with Crippen molar-refractivity contribution in [1.82, 2.24) is 18.3 Å². The lowest BCUT2D eigenvalue weighted by Gasteiger charge is -2.32. The Morgan fingerprint density at radius 1 is 0.343 bits per heavy atom. The summed E-state index contributed by atoms with van der Waals surface area (Å²) >= 11 is 0. The summed E-state index contributed by atoms with van der Waals surface area (Å²) in [5, 5.41) is 10.2.